The highest BCUT2D eigenvalue weighted by molar-refractivity contribution is 9.10. The van der Waals surface area contributed by atoms with Crippen molar-refractivity contribution in [3.05, 3.63) is 28.7 Å². The Labute approximate surface area is 150 Å². The number of nitrogens with zero attached hydrogens (tertiary/aromatic N) is 2. The Morgan fingerprint density at radius 2 is 1.75 bits per heavy atom. The highest BCUT2D eigenvalue weighted by Gasteiger charge is 2.45. The Hall–Kier alpha value is -0.990. The van der Waals surface area contributed by atoms with E-state index >= 15 is 0 Å². The van der Waals surface area contributed by atoms with Gasteiger partial charge < -0.3 is 4.90 Å². The molecule has 5 nitrogen and oxygen atoms in total. The maximum Gasteiger partial charge on any atom is 0.243 e. The first-order chi connectivity index (χ1) is 11.4. The third-order valence-electron chi connectivity index (χ3n) is 4.58. The number of piperidine rings is 1. The van der Waals surface area contributed by atoms with Crippen LogP contribution in [0.4, 0.5) is 4.39 Å². The van der Waals surface area contributed by atoms with Gasteiger partial charge in [0.15, 0.2) is 0 Å². The molecule has 2 fully saturated rings. The van der Waals surface area contributed by atoms with E-state index < -0.39 is 22.2 Å². The predicted octanol–water partition coefficient (Wildman–Crippen LogP) is 2.56. The Bertz CT molecular complexity index is 705. The normalized spacial score (nSPS) is 25.8. The highest BCUT2D eigenvalue weighted by atomic mass is 79.9. The van der Waals surface area contributed by atoms with Gasteiger partial charge in [-0.05, 0) is 43.5 Å². The zero-order valence-electron chi connectivity index (χ0n) is 13.2. The fourth-order valence-electron chi connectivity index (χ4n) is 3.31. The average molecular weight is 419 g/mol. The monoisotopic (exact) mass is 418 g/mol. The molecule has 0 bridgehead atoms. The molecule has 132 valence electrons. The third-order valence-corrected chi connectivity index (χ3v) is 7.00. The van der Waals surface area contributed by atoms with Gasteiger partial charge in [-0.3, -0.25) is 4.79 Å². The van der Waals surface area contributed by atoms with Gasteiger partial charge >= 0.3 is 0 Å². The van der Waals surface area contributed by atoms with Gasteiger partial charge in [-0.25, -0.2) is 12.8 Å². The number of benzene rings is 1. The van der Waals surface area contributed by atoms with E-state index in [2.05, 4.69) is 15.9 Å². The molecule has 3 rings (SSSR count). The van der Waals surface area contributed by atoms with Crippen LogP contribution in [0.1, 0.15) is 25.7 Å². The second-order valence-electron chi connectivity index (χ2n) is 6.26. The molecule has 0 N–H and O–H groups in total. The number of hydrogen-bond acceptors (Lipinski definition) is 3. The first-order valence-electron chi connectivity index (χ1n) is 8.10. The summed E-state index contributed by atoms with van der Waals surface area (Å²) < 4.78 is 41.5. The molecule has 24 heavy (non-hydrogen) atoms. The molecule has 0 aromatic heterocycles. The van der Waals surface area contributed by atoms with Gasteiger partial charge in [0.05, 0.1) is 4.90 Å². The maximum absolute atomic E-state index is 14.0. The molecule has 2 aliphatic rings. The summed E-state index contributed by atoms with van der Waals surface area (Å²) >= 11 is 3.26. The molecule has 2 heterocycles. The number of hydrogen-bond donors (Lipinski definition) is 0. The number of rotatable bonds is 3. The molecule has 0 saturated carbocycles. The number of carbonyl (C=O) groups is 1. The van der Waals surface area contributed by atoms with E-state index in [4.69, 9.17) is 0 Å². The number of likely N-dealkylation sites (tertiary alicyclic amines) is 1. The molecule has 1 amide bonds. The summed E-state index contributed by atoms with van der Waals surface area (Å²) in [6.45, 7) is 0.986. The van der Waals surface area contributed by atoms with E-state index in [1.54, 1.807) is 17.0 Å². The third kappa shape index (κ3) is 3.50. The van der Waals surface area contributed by atoms with Crippen LogP contribution < -0.4 is 0 Å². The topological polar surface area (TPSA) is 57.7 Å². The lowest BCUT2D eigenvalue weighted by Gasteiger charge is -2.32. The van der Waals surface area contributed by atoms with Gasteiger partial charge in [-0.15, -0.1) is 0 Å². The van der Waals surface area contributed by atoms with Crippen LogP contribution in [0.2, 0.25) is 0 Å². The van der Waals surface area contributed by atoms with Crippen molar-refractivity contribution in [2.45, 2.75) is 42.8 Å². The Morgan fingerprint density at radius 3 is 2.38 bits per heavy atom. The van der Waals surface area contributed by atoms with E-state index in [1.165, 1.54) is 12.1 Å². The Balaban J connectivity index is 1.86. The van der Waals surface area contributed by atoms with Crippen LogP contribution >= 0.6 is 15.9 Å². The van der Waals surface area contributed by atoms with Gasteiger partial charge in [0.25, 0.3) is 0 Å². The lowest BCUT2D eigenvalue weighted by Crippen LogP contribution is -2.49. The Kier molecular flexibility index (Phi) is 5.27. The van der Waals surface area contributed by atoms with Crippen LogP contribution in [0.3, 0.4) is 0 Å². The van der Waals surface area contributed by atoms with Crippen molar-refractivity contribution in [1.82, 2.24) is 9.21 Å². The molecule has 2 saturated heterocycles. The first-order valence-corrected chi connectivity index (χ1v) is 10.3. The van der Waals surface area contributed by atoms with Gasteiger partial charge in [-0.2, -0.15) is 4.31 Å². The molecule has 0 spiro atoms. The van der Waals surface area contributed by atoms with Crippen molar-refractivity contribution in [1.29, 1.82) is 0 Å². The largest absolute Gasteiger partial charge is 0.341 e. The molecule has 2 aliphatic heterocycles. The van der Waals surface area contributed by atoms with Crippen molar-refractivity contribution in [3.8, 4) is 0 Å². The number of amides is 1. The summed E-state index contributed by atoms with van der Waals surface area (Å²) in [6.07, 6.45) is 1.52. The molecule has 0 aliphatic carbocycles. The number of sulfonamides is 1. The highest BCUT2D eigenvalue weighted by Crippen LogP contribution is 2.30. The molecule has 2 atom stereocenters. The van der Waals surface area contributed by atoms with E-state index in [9.17, 15) is 17.6 Å². The van der Waals surface area contributed by atoms with Gasteiger partial charge in [0.1, 0.15) is 12.2 Å². The predicted molar refractivity (Wildman–Crippen MR) is 91.8 cm³/mol. The fraction of sp³-hybridized carbons (Fsp3) is 0.562. The zero-order chi connectivity index (χ0) is 17.3. The van der Waals surface area contributed by atoms with Crippen LogP contribution in [0.25, 0.3) is 0 Å². The average Bonchev–Trinajstić information content (AvgIpc) is 2.98. The summed E-state index contributed by atoms with van der Waals surface area (Å²) in [5, 5.41) is 0. The minimum atomic E-state index is -3.90. The summed E-state index contributed by atoms with van der Waals surface area (Å²) in [5.74, 6) is -0.268. The van der Waals surface area contributed by atoms with E-state index in [0.29, 0.717) is 13.1 Å². The zero-order valence-corrected chi connectivity index (χ0v) is 15.6. The smallest absolute Gasteiger partial charge is 0.243 e. The van der Waals surface area contributed by atoms with Crippen molar-refractivity contribution >= 4 is 31.9 Å². The van der Waals surface area contributed by atoms with Crippen LogP contribution in [-0.2, 0) is 14.8 Å². The van der Waals surface area contributed by atoms with Crippen LogP contribution in [-0.4, -0.2) is 55.4 Å². The Morgan fingerprint density at radius 1 is 1.12 bits per heavy atom. The van der Waals surface area contributed by atoms with E-state index in [-0.39, 0.29) is 23.8 Å². The minimum absolute atomic E-state index is 0.0644. The molecular weight excluding hydrogens is 399 g/mol. The first kappa shape index (κ1) is 17.8. The number of carbonyl (C=O) groups excluding carboxylic acids is 1. The van der Waals surface area contributed by atoms with Crippen molar-refractivity contribution in [2.24, 2.45) is 0 Å². The summed E-state index contributed by atoms with van der Waals surface area (Å²) in [5.41, 5.74) is 0. The van der Waals surface area contributed by atoms with Crippen LogP contribution in [0.15, 0.2) is 33.6 Å². The summed E-state index contributed by atoms with van der Waals surface area (Å²) in [4.78, 5) is 14.5. The molecule has 8 heteroatoms. The van der Waals surface area contributed by atoms with Gasteiger partial charge in [-0.1, -0.05) is 15.9 Å². The van der Waals surface area contributed by atoms with Gasteiger partial charge in [0.2, 0.25) is 15.9 Å². The second-order valence-corrected chi connectivity index (χ2v) is 9.07. The van der Waals surface area contributed by atoms with Crippen molar-refractivity contribution in [3.63, 3.8) is 0 Å². The summed E-state index contributed by atoms with van der Waals surface area (Å²) in [6, 6.07) is 5.24. The van der Waals surface area contributed by atoms with Crippen LogP contribution in [0.5, 0.6) is 0 Å². The minimum Gasteiger partial charge on any atom is -0.341 e. The SMILES string of the molecule is O=C([C@@H]1C[C@H](F)CN1S(=O)(=O)c1ccc(Br)cc1)N1CCCCC1. The molecule has 0 radical (unpaired) electrons. The fourth-order valence-corrected chi connectivity index (χ4v) is 5.20. The molecule has 1 aromatic carbocycles. The van der Waals surface area contributed by atoms with E-state index in [1.807, 2.05) is 0 Å². The summed E-state index contributed by atoms with van der Waals surface area (Å²) in [7, 11) is -3.90. The van der Waals surface area contributed by atoms with E-state index in [0.717, 1.165) is 28.0 Å². The van der Waals surface area contributed by atoms with Crippen molar-refractivity contribution < 1.29 is 17.6 Å². The molecular formula is C16H20BrFN2O3S. The molecule has 1 aromatic rings. The standard InChI is InChI=1S/C16H20BrFN2O3S/c17-12-4-6-14(7-5-12)24(22,23)20-11-13(18)10-15(20)16(21)19-8-2-1-3-9-19/h4-7,13,15H,1-3,8-11H2/t13-,15-/m0/s1. The second kappa shape index (κ2) is 7.09. The van der Waals surface area contributed by atoms with Crippen molar-refractivity contribution in [2.75, 3.05) is 19.6 Å². The maximum atomic E-state index is 14.0. The number of alkyl halides is 1. The van der Waals surface area contributed by atoms with Crippen LogP contribution in [0, 0.1) is 0 Å². The number of halogens is 2. The molecule has 0 unspecified atom stereocenters. The lowest BCUT2D eigenvalue weighted by atomic mass is 10.1. The quantitative estimate of drug-likeness (QED) is 0.757. The van der Waals surface area contributed by atoms with Gasteiger partial charge in [0, 0.05) is 30.5 Å². The lowest BCUT2D eigenvalue weighted by molar-refractivity contribution is -0.135.